The van der Waals surface area contributed by atoms with E-state index >= 15 is 0 Å². The van der Waals surface area contributed by atoms with E-state index < -0.39 is 12.1 Å². The fourth-order valence-electron chi connectivity index (χ4n) is 0.837. The number of esters is 1. The molecule has 80 valence electrons. The second-order valence-electron chi connectivity index (χ2n) is 2.66. The first-order valence-corrected chi connectivity index (χ1v) is 3.95. The highest BCUT2D eigenvalue weighted by Gasteiger charge is 2.41. The lowest BCUT2D eigenvalue weighted by molar-refractivity contribution is -0.189. The number of hydrogen-bond acceptors (Lipinski definition) is 2. The topological polar surface area (TPSA) is 26.3 Å². The molecule has 0 fully saturated rings. The molecular weight excluding hydrogens is 209 g/mol. The minimum atomic E-state index is -4.98. The number of rotatable bonds is 2. The standard InChI is InChI=1S/C10H7F3O2/c1-2-7-3-5-8(6-4-7)15-9(14)10(11,12)13/h2-6H,1H2. The number of carbonyl (C=O) groups excluding carboxylic acids is 1. The molecule has 0 N–H and O–H groups in total. The molecule has 0 spiro atoms. The van der Waals surface area contributed by atoms with Gasteiger partial charge in [0.1, 0.15) is 5.75 Å². The van der Waals surface area contributed by atoms with Gasteiger partial charge in [0.25, 0.3) is 0 Å². The van der Waals surface area contributed by atoms with Crippen molar-refractivity contribution in [3.63, 3.8) is 0 Å². The monoisotopic (exact) mass is 216 g/mol. The van der Waals surface area contributed by atoms with E-state index in [-0.39, 0.29) is 5.75 Å². The van der Waals surface area contributed by atoms with Crippen LogP contribution in [0.2, 0.25) is 0 Å². The first-order chi connectivity index (χ1) is 6.93. The van der Waals surface area contributed by atoms with E-state index in [2.05, 4.69) is 11.3 Å². The third-order valence-electron chi connectivity index (χ3n) is 1.56. The van der Waals surface area contributed by atoms with Crippen molar-refractivity contribution < 1.29 is 22.7 Å². The highest BCUT2D eigenvalue weighted by Crippen LogP contribution is 2.20. The van der Waals surface area contributed by atoms with Crippen LogP contribution in [-0.4, -0.2) is 12.1 Å². The summed E-state index contributed by atoms with van der Waals surface area (Å²) in [5.74, 6) is -2.38. The number of halogens is 3. The smallest absolute Gasteiger partial charge is 0.420 e. The van der Waals surface area contributed by atoms with Gasteiger partial charge in [-0.1, -0.05) is 24.8 Å². The molecule has 1 rings (SSSR count). The van der Waals surface area contributed by atoms with Crippen molar-refractivity contribution in [3.05, 3.63) is 36.4 Å². The van der Waals surface area contributed by atoms with Crippen molar-refractivity contribution >= 4 is 12.0 Å². The highest BCUT2D eigenvalue weighted by atomic mass is 19.4. The Labute approximate surface area is 84.0 Å². The zero-order chi connectivity index (χ0) is 11.5. The Morgan fingerprint density at radius 1 is 1.27 bits per heavy atom. The van der Waals surface area contributed by atoms with Crippen molar-refractivity contribution in [1.82, 2.24) is 0 Å². The fourth-order valence-corrected chi connectivity index (χ4v) is 0.837. The molecule has 0 aliphatic rings. The molecule has 0 aromatic heterocycles. The van der Waals surface area contributed by atoms with Crippen LogP contribution < -0.4 is 4.74 Å². The molecule has 0 bridgehead atoms. The van der Waals surface area contributed by atoms with Crippen molar-refractivity contribution in [1.29, 1.82) is 0 Å². The quantitative estimate of drug-likeness (QED) is 0.561. The Morgan fingerprint density at radius 3 is 2.20 bits per heavy atom. The Hall–Kier alpha value is -1.78. The number of ether oxygens (including phenoxy) is 1. The second-order valence-corrected chi connectivity index (χ2v) is 2.66. The highest BCUT2D eigenvalue weighted by molar-refractivity contribution is 5.78. The van der Waals surface area contributed by atoms with Gasteiger partial charge in [-0.15, -0.1) is 0 Å². The van der Waals surface area contributed by atoms with E-state index in [1.54, 1.807) is 0 Å². The summed E-state index contributed by atoms with van der Waals surface area (Å²) in [6.07, 6.45) is -3.45. The van der Waals surface area contributed by atoms with Crippen molar-refractivity contribution in [2.45, 2.75) is 6.18 Å². The van der Waals surface area contributed by atoms with Gasteiger partial charge < -0.3 is 4.74 Å². The van der Waals surface area contributed by atoms with Crippen LogP contribution in [0.25, 0.3) is 6.08 Å². The molecule has 0 aliphatic carbocycles. The van der Waals surface area contributed by atoms with Crippen LogP contribution in [0.3, 0.4) is 0 Å². The minimum Gasteiger partial charge on any atom is -0.420 e. The van der Waals surface area contributed by atoms with Crippen LogP contribution in [0.15, 0.2) is 30.8 Å². The summed E-state index contributed by atoms with van der Waals surface area (Å²) in [5.41, 5.74) is 0.724. The molecule has 0 amide bonds. The summed E-state index contributed by atoms with van der Waals surface area (Å²) in [5, 5.41) is 0. The van der Waals surface area contributed by atoms with Gasteiger partial charge in [0.05, 0.1) is 0 Å². The Morgan fingerprint density at radius 2 is 1.80 bits per heavy atom. The summed E-state index contributed by atoms with van der Waals surface area (Å²) in [4.78, 5) is 10.4. The molecular formula is C10H7F3O2. The van der Waals surface area contributed by atoms with Crippen molar-refractivity contribution in [2.75, 3.05) is 0 Å². The first-order valence-electron chi connectivity index (χ1n) is 3.95. The summed E-state index contributed by atoms with van der Waals surface area (Å²) >= 11 is 0. The molecule has 0 atom stereocenters. The van der Waals surface area contributed by atoms with Crippen LogP contribution >= 0.6 is 0 Å². The lowest BCUT2D eigenvalue weighted by Gasteiger charge is -2.06. The van der Waals surface area contributed by atoms with Gasteiger partial charge in [-0.3, -0.25) is 0 Å². The molecule has 0 unspecified atom stereocenters. The Balaban J connectivity index is 2.74. The molecule has 1 aromatic carbocycles. The maximum absolute atomic E-state index is 11.8. The van der Waals surface area contributed by atoms with E-state index in [9.17, 15) is 18.0 Å². The lowest BCUT2D eigenvalue weighted by atomic mass is 10.2. The number of hydrogen-bond donors (Lipinski definition) is 0. The van der Waals surface area contributed by atoms with Crippen LogP contribution in [0.5, 0.6) is 5.75 Å². The molecule has 0 aliphatic heterocycles. The predicted molar refractivity (Wildman–Crippen MR) is 48.2 cm³/mol. The largest absolute Gasteiger partial charge is 0.491 e. The fraction of sp³-hybridized carbons (Fsp3) is 0.100. The zero-order valence-corrected chi connectivity index (χ0v) is 7.54. The molecule has 0 saturated heterocycles. The van der Waals surface area contributed by atoms with Gasteiger partial charge in [-0.05, 0) is 17.7 Å². The summed E-state index contributed by atoms with van der Waals surface area (Å²) in [7, 11) is 0. The van der Waals surface area contributed by atoms with Gasteiger partial charge >= 0.3 is 12.1 Å². The summed E-state index contributed by atoms with van der Waals surface area (Å²) in [6.45, 7) is 3.47. The van der Waals surface area contributed by atoms with E-state index in [4.69, 9.17) is 0 Å². The predicted octanol–water partition coefficient (Wildman–Crippen LogP) is 2.80. The van der Waals surface area contributed by atoms with E-state index in [1.807, 2.05) is 0 Å². The van der Waals surface area contributed by atoms with Gasteiger partial charge in [0.2, 0.25) is 0 Å². The van der Waals surface area contributed by atoms with Gasteiger partial charge in [0.15, 0.2) is 0 Å². The van der Waals surface area contributed by atoms with Crippen molar-refractivity contribution in [3.8, 4) is 5.75 Å². The SMILES string of the molecule is C=Cc1ccc(OC(=O)C(F)(F)F)cc1. The van der Waals surface area contributed by atoms with E-state index in [1.165, 1.54) is 30.3 Å². The molecule has 2 nitrogen and oxygen atoms in total. The maximum atomic E-state index is 11.8. The normalized spacial score (nSPS) is 10.9. The molecule has 5 heteroatoms. The average molecular weight is 216 g/mol. The maximum Gasteiger partial charge on any atom is 0.491 e. The number of benzene rings is 1. The molecule has 0 saturated carbocycles. The molecule has 0 radical (unpaired) electrons. The number of carbonyl (C=O) groups is 1. The Kier molecular flexibility index (Phi) is 3.14. The lowest BCUT2D eigenvalue weighted by Crippen LogP contribution is -2.27. The van der Waals surface area contributed by atoms with Gasteiger partial charge in [-0.2, -0.15) is 13.2 Å². The van der Waals surface area contributed by atoms with Gasteiger partial charge in [0, 0.05) is 0 Å². The first kappa shape index (κ1) is 11.3. The van der Waals surface area contributed by atoms with E-state index in [0.717, 1.165) is 5.56 Å². The van der Waals surface area contributed by atoms with Crippen LogP contribution in [0, 0.1) is 0 Å². The minimum absolute atomic E-state index is 0.150. The van der Waals surface area contributed by atoms with Crippen LogP contribution in [0.4, 0.5) is 13.2 Å². The summed E-state index contributed by atoms with van der Waals surface area (Å²) < 4.78 is 39.4. The van der Waals surface area contributed by atoms with Gasteiger partial charge in [-0.25, -0.2) is 4.79 Å². The van der Waals surface area contributed by atoms with Crippen LogP contribution in [0.1, 0.15) is 5.56 Å². The van der Waals surface area contributed by atoms with Crippen LogP contribution in [-0.2, 0) is 4.79 Å². The van der Waals surface area contributed by atoms with Crippen molar-refractivity contribution in [2.24, 2.45) is 0 Å². The third-order valence-corrected chi connectivity index (χ3v) is 1.56. The molecule has 15 heavy (non-hydrogen) atoms. The molecule has 1 aromatic rings. The second kappa shape index (κ2) is 4.16. The molecule has 0 heterocycles. The third kappa shape index (κ3) is 3.12. The summed E-state index contributed by atoms with van der Waals surface area (Å²) in [6, 6.07) is 5.51. The average Bonchev–Trinajstić information content (AvgIpc) is 2.17. The number of alkyl halides is 3. The van der Waals surface area contributed by atoms with E-state index in [0.29, 0.717) is 0 Å². The zero-order valence-electron chi connectivity index (χ0n) is 7.54. The Bertz CT molecular complexity index is 365.